The molecule has 0 radical (unpaired) electrons. The van der Waals surface area contributed by atoms with Crippen molar-refractivity contribution in [3.05, 3.63) is 64.5 Å². The van der Waals surface area contributed by atoms with Gasteiger partial charge in [-0.3, -0.25) is 4.79 Å². The summed E-state index contributed by atoms with van der Waals surface area (Å²) in [6.07, 6.45) is 1.69. The van der Waals surface area contributed by atoms with Crippen LogP contribution in [-0.2, 0) is 4.79 Å². The second kappa shape index (κ2) is 6.78. The summed E-state index contributed by atoms with van der Waals surface area (Å²) < 4.78 is 5.73. The Morgan fingerprint density at radius 1 is 1.32 bits per heavy atom. The molecule has 0 aliphatic carbocycles. The molecule has 3 rings (SSSR count). The number of anilines is 1. The number of aromatic nitrogens is 1. The van der Waals surface area contributed by atoms with E-state index in [4.69, 9.17) is 10.00 Å². The highest BCUT2D eigenvalue weighted by molar-refractivity contribution is 5.98. The van der Waals surface area contributed by atoms with Crippen LogP contribution in [0.2, 0.25) is 0 Å². The number of fused-ring (bicyclic) bond motifs is 1. The minimum absolute atomic E-state index is 0.00342. The molecule has 25 heavy (non-hydrogen) atoms. The summed E-state index contributed by atoms with van der Waals surface area (Å²) in [5, 5.41) is 12.3. The number of ketones is 1. The van der Waals surface area contributed by atoms with E-state index in [-0.39, 0.29) is 11.7 Å². The Kier molecular flexibility index (Phi) is 4.53. The van der Waals surface area contributed by atoms with Crippen LogP contribution in [0.4, 0.5) is 5.69 Å². The van der Waals surface area contributed by atoms with E-state index in [1.165, 1.54) is 0 Å². The maximum absolute atomic E-state index is 12.4. The molecule has 1 aliphatic heterocycles. The zero-order valence-corrected chi connectivity index (χ0v) is 14.5. The quantitative estimate of drug-likeness (QED) is 0.922. The van der Waals surface area contributed by atoms with Crippen LogP contribution in [0.3, 0.4) is 0 Å². The summed E-state index contributed by atoms with van der Waals surface area (Å²) >= 11 is 0. The molecule has 1 atom stereocenters. The molecule has 1 aromatic heterocycles. The van der Waals surface area contributed by atoms with Crippen molar-refractivity contribution in [2.45, 2.75) is 26.7 Å². The number of ether oxygens (including phenoxy) is 1. The number of pyridine rings is 1. The lowest BCUT2D eigenvalue weighted by atomic mass is 9.79. The fourth-order valence-corrected chi connectivity index (χ4v) is 3.27. The normalized spacial score (nSPS) is 15.8. The Balaban J connectivity index is 2.24. The van der Waals surface area contributed by atoms with Gasteiger partial charge in [-0.25, -0.2) is 4.98 Å². The number of nitrogens with zero attached hydrogens (tertiary/aromatic N) is 2. The molecule has 5 heteroatoms. The van der Waals surface area contributed by atoms with Crippen molar-refractivity contribution in [2.75, 3.05) is 11.9 Å². The average Bonchev–Trinajstić information content (AvgIpc) is 2.60. The lowest BCUT2D eigenvalue weighted by molar-refractivity contribution is -0.113. The minimum Gasteiger partial charge on any atom is -0.478 e. The minimum atomic E-state index is -0.281. The number of nitriles is 1. The smallest absolute Gasteiger partial charge is 0.219 e. The first kappa shape index (κ1) is 16.7. The monoisotopic (exact) mass is 333 g/mol. The molecule has 1 aromatic carbocycles. The zero-order valence-electron chi connectivity index (χ0n) is 14.5. The number of carbonyl (C=O) groups is 1. The SMILES string of the molecule is CCOc1nccc2c1C(c1ccc(C#N)cc1)C(C(C)=O)=C(C)N2. The van der Waals surface area contributed by atoms with Gasteiger partial charge in [0.1, 0.15) is 0 Å². The molecular formula is C20H19N3O2. The topological polar surface area (TPSA) is 75.0 Å². The number of Topliss-reactive ketones (excluding diaryl/α,β-unsaturated/α-hetero) is 1. The van der Waals surface area contributed by atoms with E-state index in [2.05, 4.69) is 16.4 Å². The molecule has 0 spiro atoms. The van der Waals surface area contributed by atoms with E-state index < -0.39 is 0 Å². The number of carbonyl (C=O) groups excluding carboxylic acids is 1. The van der Waals surface area contributed by atoms with Crippen molar-refractivity contribution in [3.63, 3.8) is 0 Å². The molecule has 0 fully saturated rings. The van der Waals surface area contributed by atoms with Crippen LogP contribution < -0.4 is 10.1 Å². The van der Waals surface area contributed by atoms with E-state index in [0.717, 1.165) is 22.5 Å². The molecular weight excluding hydrogens is 314 g/mol. The first-order valence-corrected chi connectivity index (χ1v) is 8.17. The number of hydrogen-bond acceptors (Lipinski definition) is 5. The molecule has 0 saturated carbocycles. The molecule has 2 aromatic rings. The van der Waals surface area contributed by atoms with Crippen molar-refractivity contribution in [2.24, 2.45) is 0 Å². The van der Waals surface area contributed by atoms with E-state index in [1.54, 1.807) is 25.3 Å². The van der Waals surface area contributed by atoms with E-state index >= 15 is 0 Å². The molecule has 2 heterocycles. The predicted molar refractivity (Wildman–Crippen MR) is 95.4 cm³/mol. The molecule has 5 nitrogen and oxygen atoms in total. The Bertz CT molecular complexity index is 892. The van der Waals surface area contributed by atoms with Gasteiger partial charge in [0.15, 0.2) is 5.78 Å². The largest absolute Gasteiger partial charge is 0.478 e. The van der Waals surface area contributed by atoms with Crippen LogP contribution in [-0.4, -0.2) is 17.4 Å². The zero-order chi connectivity index (χ0) is 18.0. The Morgan fingerprint density at radius 2 is 2.04 bits per heavy atom. The average molecular weight is 333 g/mol. The maximum atomic E-state index is 12.4. The fourth-order valence-electron chi connectivity index (χ4n) is 3.27. The highest BCUT2D eigenvalue weighted by Crippen LogP contribution is 2.45. The highest BCUT2D eigenvalue weighted by Gasteiger charge is 2.33. The summed E-state index contributed by atoms with van der Waals surface area (Å²) in [5.41, 5.74) is 4.76. The Hall–Kier alpha value is -3.13. The van der Waals surface area contributed by atoms with E-state index in [0.29, 0.717) is 23.6 Å². The maximum Gasteiger partial charge on any atom is 0.219 e. The van der Waals surface area contributed by atoms with Crippen LogP contribution in [0, 0.1) is 11.3 Å². The van der Waals surface area contributed by atoms with Gasteiger partial charge >= 0.3 is 0 Å². The van der Waals surface area contributed by atoms with Crippen molar-refractivity contribution < 1.29 is 9.53 Å². The third-order valence-corrected chi connectivity index (χ3v) is 4.29. The molecule has 0 saturated heterocycles. The Labute approximate surface area is 147 Å². The fraction of sp³-hybridized carbons (Fsp3) is 0.250. The molecule has 1 unspecified atom stereocenters. The lowest BCUT2D eigenvalue weighted by Gasteiger charge is -2.31. The third-order valence-electron chi connectivity index (χ3n) is 4.29. The van der Waals surface area contributed by atoms with E-state index in [1.807, 2.05) is 32.0 Å². The first-order chi connectivity index (χ1) is 12.1. The molecule has 1 aliphatic rings. The number of hydrogen-bond donors (Lipinski definition) is 1. The van der Waals surface area contributed by atoms with Crippen LogP contribution in [0.15, 0.2) is 47.8 Å². The standard InChI is InChI=1S/C20H19N3O2/c1-4-25-20-19-16(9-10-22-20)23-12(2)17(13(3)24)18(19)15-7-5-14(11-21)6-8-15/h5-10,18,23H,4H2,1-3H3. The van der Waals surface area contributed by atoms with Crippen LogP contribution in [0.5, 0.6) is 5.88 Å². The lowest BCUT2D eigenvalue weighted by Crippen LogP contribution is -2.23. The van der Waals surface area contributed by atoms with E-state index in [9.17, 15) is 4.79 Å². The summed E-state index contributed by atoms with van der Waals surface area (Å²) in [6, 6.07) is 11.3. The predicted octanol–water partition coefficient (Wildman–Crippen LogP) is 3.77. The van der Waals surface area contributed by atoms with Gasteiger partial charge < -0.3 is 10.1 Å². The Morgan fingerprint density at radius 3 is 2.64 bits per heavy atom. The van der Waals surface area contributed by atoms with Crippen LogP contribution in [0.25, 0.3) is 0 Å². The molecule has 0 amide bonds. The molecule has 0 bridgehead atoms. The first-order valence-electron chi connectivity index (χ1n) is 8.17. The summed E-state index contributed by atoms with van der Waals surface area (Å²) in [6.45, 7) is 5.86. The second-order valence-corrected chi connectivity index (χ2v) is 5.90. The van der Waals surface area contributed by atoms with Gasteiger partial charge in [-0.15, -0.1) is 0 Å². The number of allylic oxidation sites excluding steroid dienone is 2. The molecule has 1 N–H and O–H groups in total. The van der Waals surface area contributed by atoms with Gasteiger partial charge in [-0.05, 0) is 44.5 Å². The van der Waals surface area contributed by atoms with Crippen molar-refractivity contribution in [3.8, 4) is 11.9 Å². The van der Waals surface area contributed by atoms with Gasteiger partial charge in [0.2, 0.25) is 5.88 Å². The third kappa shape index (κ3) is 2.99. The summed E-state index contributed by atoms with van der Waals surface area (Å²) in [5.74, 6) is 0.237. The van der Waals surface area contributed by atoms with Gasteiger partial charge in [-0.2, -0.15) is 5.26 Å². The van der Waals surface area contributed by atoms with Gasteiger partial charge in [0.05, 0.1) is 18.2 Å². The summed E-state index contributed by atoms with van der Waals surface area (Å²) in [7, 11) is 0. The number of nitrogens with one attached hydrogen (secondary N) is 1. The highest BCUT2D eigenvalue weighted by atomic mass is 16.5. The summed E-state index contributed by atoms with van der Waals surface area (Å²) in [4.78, 5) is 16.7. The van der Waals surface area contributed by atoms with Gasteiger partial charge in [0, 0.05) is 34.6 Å². The number of rotatable bonds is 4. The van der Waals surface area contributed by atoms with Crippen molar-refractivity contribution in [1.82, 2.24) is 4.98 Å². The van der Waals surface area contributed by atoms with Gasteiger partial charge in [0.25, 0.3) is 0 Å². The molecule has 126 valence electrons. The second-order valence-electron chi connectivity index (χ2n) is 5.90. The van der Waals surface area contributed by atoms with Gasteiger partial charge in [-0.1, -0.05) is 12.1 Å². The van der Waals surface area contributed by atoms with Crippen LogP contribution in [0.1, 0.15) is 43.4 Å². The number of benzene rings is 1. The van der Waals surface area contributed by atoms with Crippen molar-refractivity contribution in [1.29, 1.82) is 5.26 Å². The van der Waals surface area contributed by atoms with Crippen molar-refractivity contribution >= 4 is 11.5 Å². The van der Waals surface area contributed by atoms with Crippen LogP contribution >= 0.6 is 0 Å².